The molecule has 5 nitrogen and oxygen atoms in total. The fourth-order valence-corrected chi connectivity index (χ4v) is 4.15. The molecule has 1 heterocycles. The van der Waals surface area contributed by atoms with E-state index in [1.165, 1.54) is 11.9 Å². The van der Waals surface area contributed by atoms with Crippen LogP contribution in [0.4, 0.5) is 15.8 Å². The number of rotatable bonds is 6. The van der Waals surface area contributed by atoms with Crippen LogP contribution in [-0.2, 0) is 6.42 Å². The number of nitrogens with zero attached hydrogens (tertiary/aromatic N) is 2. The van der Waals surface area contributed by atoms with Gasteiger partial charge in [0.2, 0.25) is 0 Å². The van der Waals surface area contributed by atoms with E-state index < -0.39 is 12.1 Å². The fraction of sp³-hybridized carbons (Fsp3) is 0.333. The van der Waals surface area contributed by atoms with Crippen molar-refractivity contribution in [3.63, 3.8) is 0 Å². The van der Waals surface area contributed by atoms with Crippen molar-refractivity contribution in [2.75, 3.05) is 22.7 Å². The van der Waals surface area contributed by atoms with Crippen molar-refractivity contribution in [2.45, 2.75) is 37.3 Å². The van der Waals surface area contributed by atoms with E-state index >= 15 is 0 Å². The van der Waals surface area contributed by atoms with Gasteiger partial charge in [0, 0.05) is 18.0 Å². The predicted octanol–water partition coefficient (Wildman–Crippen LogP) is 4.88. The minimum absolute atomic E-state index is 0.234. The zero-order valence-electron chi connectivity index (χ0n) is 15.6. The molecule has 28 heavy (non-hydrogen) atoms. The number of anilines is 2. The van der Waals surface area contributed by atoms with E-state index in [0.717, 1.165) is 28.3 Å². The second kappa shape index (κ2) is 8.98. The highest BCUT2D eigenvalue weighted by Gasteiger charge is 2.21. The maximum Gasteiger partial charge on any atom is 0.335 e. The van der Waals surface area contributed by atoms with Crippen LogP contribution < -0.4 is 9.62 Å². The molecule has 0 spiro atoms. The maximum atomic E-state index is 13.5. The second-order valence-corrected chi connectivity index (χ2v) is 7.54. The van der Waals surface area contributed by atoms with E-state index in [0.29, 0.717) is 31.5 Å². The van der Waals surface area contributed by atoms with Gasteiger partial charge < -0.3 is 14.7 Å². The van der Waals surface area contributed by atoms with Gasteiger partial charge in [-0.05, 0) is 67.1 Å². The van der Waals surface area contributed by atoms with E-state index in [1.54, 1.807) is 24.3 Å². The molecule has 2 aromatic carbocycles. The highest BCUT2D eigenvalue weighted by molar-refractivity contribution is 8.00. The lowest BCUT2D eigenvalue weighted by Crippen LogP contribution is -2.34. The summed E-state index contributed by atoms with van der Waals surface area (Å²) in [5.41, 5.74) is 3.49. The average Bonchev–Trinajstić information content (AvgIpc) is 2.72. The minimum Gasteiger partial charge on any atom is -0.478 e. The summed E-state index contributed by atoms with van der Waals surface area (Å²) < 4.78 is 16.8. The van der Waals surface area contributed by atoms with Gasteiger partial charge in [0.05, 0.1) is 28.6 Å². The number of nitrogens with one attached hydrogen (secondary N) is 1. The lowest BCUT2D eigenvalue weighted by atomic mass is 10.1. The summed E-state index contributed by atoms with van der Waals surface area (Å²) in [5.74, 6) is -0.967. The SMILES string of the molecule is CCc1ccc(C(=O)O)cc1SNc1cc(C#N)ccc1N1CCC(F)CC1. The molecule has 1 saturated heterocycles. The first kappa shape index (κ1) is 20.0. The van der Waals surface area contributed by atoms with E-state index in [1.807, 2.05) is 19.1 Å². The Kier molecular flexibility index (Phi) is 6.42. The monoisotopic (exact) mass is 399 g/mol. The summed E-state index contributed by atoms with van der Waals surface area (Å²) in [6.07, 6.45) is 1.01. The zero-order valence-corrected chi connectivity index (χ0v) is 16.4. The van der Waals surface area contributed by atoms with Crippen molar-refractivity contribution in [1.82, 2.24) is 0 Å². The predicted molar refractivity (Wildman–Crippen MR) is 110 cm³/mol. The molecule has 3 rings (SSSR count). The molecule has 1 fully saturated rings. The molecule has 0 saturated carbocycles. The molecule has 0 radical (unpaired) electrons. The zero-order chi connectivity index (χ0) is 20.1. The van der Waals surface area contributed by atoms with Gasteiger partial charge in [0.15, 0.2) is 0 Å². The highest BCUT2D eigenvalue weighted by Crippen LogP contribution is 2.34. The molecule has 1 aliphatic heterocycles. The number of piperidine rings is 1. The Bertz CT molecular complexity index is 905. The van der Waals surface area contributed by atoms with Crippen LogP contribution in [0.25, 0.3) is 0 Å². The molecule has 1 aliphatic rings. The fourth-order valence-electron chi connectivity index (χ4n) is 3.24. The Morgan fingerprint density at radius 3 is 2.71 bits per heavy atom. The number of aromatic carboxylic acids is 1. The summed E-state index contributed by atoms with van der Waals surface area (Å²) in [5, 5.41) is 18.5. The highest BCUT2D eigenvalue weighted by atomic mass is 32.2. The van der Waals surface area contributed by atoms with Crippen molar-refractivity contribution >= 4 is 29.3 Å². The summed E-state index contributed by atoms with van der Waals surface area (Å²) >= 11 is 1.33. The van der Waals surface area contributed by atoms with Gasteiger partial charge >= 0.3 is 5.97 Å². The quantitative estimate of drug-likeness (QED) is 0.675. The van der Waals surface area contributed by atoms with Crippen molar-refractivity contribution in [2.24, 2.45) is 0 Å². The van der Waals surface area contributed by atoms with Gasteiger partial charge in [0.25, 0.3) is 0 Å². The third-order valence-electron chi connectivity index (χ3n) is 4.86. The molecule has 0 aromatic heterocycles. The van der Waals surface area contributed by atoms with Gasteiger partial charge in [-0.2, -0.15) is 5.26 Å². The standard InChI is InChI=1S/C21H22FN3O2S/c1-2-15-4-5-16(21(26)27)12-20(15)28-24-18-11-14(13-23)3-6-19(18)25-9-7-17(22)8-10-25/h3-6,11-12,17,24H,2,7-10H2,1H3,(H,26,27). The van der Waals surface area contributed by atoms with Crippen molar-refractivity contribution in [3.8, 4) is 6.07 Å². The Balaban J connectivity index is 1.86. The number of carbonyl (C=O) groups is 1. The first-order valence-corrected chi connectivity index (χ1v) is 10.1. The Morgan fingerprint density at radius 2 is 2.07 bits per heavy atom. The third kappa shape index (κ3) is 4.57. The third-order valence-corrected chi connectivity index (χ3v) is 5.78. The molecule has 0 amide bonds. The van der Waals surface area contributed by atoms with E-state index in [4.69, 9.17) is 0 Å². The van der Waals surface area contributed by atoms with Crippen LogP contribution in [0.2, 0.25) is 0 Å². The number of carboxylic acid groups (broad SMARTS) is 1. The van der Waals surface area contributed by atoms with E-state index in [2.05, 4.69) is 15.7 Å². The van der Waals surface area contributed by atoms with Crippen LogP contribution in [0.15, 0.2) is 41.3 Å². The summed E-state index contributed by atoms with van der Waals surface area (Å²) in [6, 6.07) is 12.6. The smallest absolute Gasteiger partial charge is 0.335 e. The summed E-state index contributed by atoms with van der Waals surface area (Å²) in [6.45, 7) is 3.27. The number of nitriles is 1. The molecule has 146 valence electrons. The normalized spacial score (nSPS) is 14.5. The molecule has 2 N–H and O–H groups in total. The number of hydrogen-bond acceptors (Lipinski definition) is 5. The molecule has 7 heteroatoms. The van der Waals surface area contributed by atoms with Gasteiger partial charge in [-0.3, -0.25) is 0 Å². The van der Waals surface area contributed by atoms with E-state index in [-0.39, 0.29) is 5.56 Å². The van der Waals surface area contributed by atoms with Gasteiger partial charge in [0.1, 0.15) is 6.17 Å². The summed E-state index contributed by atoms with van der Waals surface area (Å²) in [7, 11) is 0. The summed E-state index contributed by atoms with van der Waals surface area (Å²) in [4.78, 5) is 14.2. The van der Waals surface area contributed by atoms with Gasteiger partial charge in [-0.1, -0.05) is 13.0 Å². The number of halogens is 1. The number of alkyl halides is 1. The molecular weight excluding hydrogens is 377 g/mol. The largest absolute Gasteiger partial charge is 0.478 e. The second-order valence-electron chi connectivity index (χ2n) is 6.69. The molecule has 0 aliphatic carbocycles. The topological polar surface area (TPSA) is 76.4 Å². The average molecular weight is 399 g/mol. The Hall–Kier alpha value is -2.72. The molecule has 0 unspecified atom stereocenters. The number of aryl methyl sites for hydroxylation is 1. The molecular formula is C21H22FN3O2S. The first-order valence-electron chi connectivity index (χ1n) is 9.24. The van der Waals surface area contributed by atoms with Gasteiger partial charge in [-0.25, -0.2) is 9.18 Å². The lowest BCUT2D eigenvalue weighted by molar-refractivity contribution is 0.0696. The minimum atomic E-state index is -0.967. The van der Waals surface area contributed by atoms with Crippen molar-refractivity contribution in [3.05, 3.63) is 53.1 Å². The molecule has 2 aromatic rings. The van der Waals surface area contributed by atoms with E-state index in [9.17, 15) is 19.6 Å². The van der Waals surface area contributed by atoms with Crippen molar-refractivity contribution in [1.29, 1.82) is 5.26 Å². The van der Waals surface area contributed by atoms with Crippen LogP contribution in [0, 0.1) is 11.3 Å². The van der Waals surface area contributed by atoms with Crippen LogP contribution >= 0.6 is 11.9 Å². The maximum absolute atomic E-state index is 13.5. The van der Waals surface area contributed by atoms with Crippen LogP contribution in [0.1, 0.15) is 41.3 Å². The molecule has 0 atom stereocenters. The first-order chi connectivity index (χ1) is 13.5. The number of hydrogen-bond donors (Lipinski definition) is 2. The Morgan fingerprint density at radius 1 is 1.32 bits per heavy atom. The van der Waals surface area contributed by atoms with Crippen LogP contribution in [0.3, 0.4) is 0 Å². The van der Waals surface area contributed by atoms with Crippen LogP contribution in [-0.4, -0.2) is 30.3 Å². The lowest BCUT2D eigenvalue weighted by Gasteiger charge is -2.32. The number of carboxylic acids is 1. The molecule has 0 bridgehead atoms. The van der Waals surface area contributed by atoms with Crippen molar-refractivity contribution < 1.29 is 14.3 Å². The van der Waals surface area contributed by atoms with Crippen LogP contribution in [0.5, 0.6) is 0 Å². The van der Waals surface area contributed by atoms with Gasteiger partial charge in [-0.15, -0.1) is 0 Å². The Labute approximate surface area is 168 Å². The number of benzene rings is 2.